The Labute approximate surface area is 157 Å². The van der Waals surface area contributed by atoms with Crippen molar-refractivity contribution in [3.63, 3.8) is 0 Å². The van der Waals surface area contributed by atoms with Gasteiger partial charge in [-0.15, -0.1) is 0 Å². The van der Waals surface area contributed by atoms with E-state index in [1.165, 1.54) is 62.9 Å². The van der Waals surface area contributed by atoms with Gasteiger partial charge in [-0.2, -0.15) is 0 Å². The van der Waals surface area contributed by atoms with Crippen molar-refractivity contribution in [2.75, 3.05) is 31.5 Å². The Balaban J connectivity index is 1.62. The van der Waals surface area contributed by atoms with Crippen LogP contribution >= 0.6 is 0 Å². The molecule has 2 aromatic heterocycles. The normalized spacial score (nSPS) is 19.5. The fourth-order valence-corrected chi connectivity index (χ4v) is 4.13. The zero-order chi connectivity index (χ0) is 18.1. The van der Waals surface area contributed by atoms with Crippen LogP contribution in [-0.2, 0) is 0 Å². The summed E-state index contributed by atoms with van der Waals surface area (Å²) in [4.78, 5) is 12.4. The van der Waals surface area contributed by atoms with Gasteiger partial charge in [0.05, 0.1) is 11.8 Å². The average molecular weight is 356 g/mol. The van der Waals surface area contributed by atoms with Crippen LogP contribution in [-0.4, -0.2) is 45.6 Å². The smallest absolute Gasteiger partial charge is 0.154 e. The highest BCUT2D eigenvalue weighted by Gasteiger charge is 2.25. The molecule has 3 heterocycles. The van der Waals surface area contributed by atoms with Crippen LogP contribution in [0.1, 0.15) is 70.5 Å². The first-order valence-electron chi connectivity index (χ1n) is 10.5. The molecule has 1 aliphatic heterocycles. The number of rotatable bonds is 7. The van der Waals surface area contributed by atoms with E-state index in [1.54, 1.807) is 0 Å². The van der Waals surface area contributed by atoms with Gasteiger partial charge in [-0.3, -0.25) is 0 Å². The zero-order valence-electron chi connectivity index (χ0n) is 16.5. The van der Waals surface area contributed by atoms with Crippen molar-refractivity contribution in [3.8, 4) is 0 Å². The second-order valence-electron chi connectivity index (χ2n) is 8.45. The summed E-state index contributed by atoms with van der Waals surface area (Å²) >= 11 is 0. The first kappa shape index (κ1) is 17.8. The van der Waals surface area contributed by atoms with Gasteiger partial charge in [0.15, 0.2) is 5.82 Å². The molecule has 0 unspecified atom stereocenters. The van der Waals surface area contributed by atoms with E-state index in [0.29, 0.717) is 12.0 Å². The predicted molar refractivity (Wildman–Crippen MR) is 108 cm³/mol. The lowest BCUT2D eigenvalue weighted by atomic mass is 9.92. The van der Waals surface area contributed by atoms with E-state index in [2.05, 4.69) is 41.6 Å². The highest BCUT2D eigenvalue weighted by molar-refractivity contribution is 5.86. The SMILES string of the molecule is CCCN1CCC(c2cc3c(ncn3C(C)C)c(NCC3CC3)n2)CC1. The molecule has 2 fully saturated rings. The number of aromatic nitrogens is 3. The zero-order valence-corrected chi connectivity index (χ0v) is 16.5. The molecule has 0 amide bonds. The van der Waals surface area contributed by atoms with Crippen molar-refractivity contribution in [2.24, 2.45) is 5.92 Å². The van der Waals surface area contributed by atoms with E-state index in [9.17, 15) is 0 Å². The van der Waals surface area contributed by atoms with Crippen molar-refractivity contribution in [3.05, 3.63) is 18.1 Å². The minimum absolute atomic E-state index is 0.415. The van der Waals surface area contributed by atoms with E-state index in [1.807, 2.05) is 6.33 Å². The summed E-state index contributed by atoms with van der Waals surface area (Å²) in [6, 6.07) is 2.73. The summed E-state index contributed by atoms with van der Waals surface area (Å²) in [5.41, 5.74) is 3.53. The average Bonchev–Trinajstić information content (AvgIpc) is 3.37. The van der Waals surface area contributed by atoms with Crippen molar-refractivity contribution >= 4 is 16.9 Å². The minimum Gasteiger partial charge on any atom is -0.368 e. The van der Waals surface area contributed by atoms with Crippen LogP contribution in [0.5, 0.6) is 0 Å². The second-order valence-corrected chi connectivity index (χ2v) is 8.45. The lowest BCUT2D eigenvalue weighted by Crippen LogP contribution is -2.33. The molecule has 2 aromatic rings. The lowest BCUT2D eigenvalue weighted by Gasteiger charge is -2.31. The fourth-order valence-electron chi connectivity index (χ4n) is 4.13. The van der Waals surface area contributed by atoms with Crippen LogP contribution in [0.25, 0.3) is 11.0 Å². The maximum atomic E-state index is 5.06. The van der Waals surface area contributed by atoms with E-state index < -0.39 is 0 Å². The van der Waals surface area contributed by atoms with E-state index in [-0.39, 0.29) is 0 Å². The Kier molecular flexibility index (Phi) is 5.16. The molecule has 0 spiro atoms. The third-order valence-corrected chi connectivity index (χ3v) is 5.94. The van der Waals surface area contributed by atoms with Gasteiger partial charge in [0.2, 0.25) is 0 Å². The summed E-state index contributed by atoms with van der Waals surface area (Å²) < 4.78 is 2.29. The molecule has 2 aliphatic rings. The molecule has 1 aliphatic carbocycles. The van der Waals surface area contributed by atoms with Gasteiger partial charge >= 0.3 is 0 Å². The lowest BCUT2D eigenvalue weighted by molar-refractivity contribution is 0.211. The summed E-state index contributed by atoms with van der Waals surface area (Å²) in [7, 11) is 0. The van der Waals surface area contributed by atoms with Gasteiger partial charge in [-0.05, 0) is 77.6 Å². The highest BCUT2D eigenvalue weighted by Crippen LogP contribution is 2.33. The van der Waals surface area contributed by atoms with Crippen molar-refractivity contribution in [1.29, 1.82) is 0 Å². The second kappa shape index (κ2) is 7.55. The van der Waals surface area contributed by atoms with Crippen LogP contribution < -0.4 is 5.32 Å². The van der Waals surface area contributed by atoms with Gasteiger partial charge < -0.3 is 14.8 Å². The molecule has 1 saturated carbocycles. The molecule has 1 N–H and O–H groups in total. The number of likely N-dealkylation sites (tertiary alicyclic amines) is 1. The largest absolute Gasteiger partial charge is 0.368 e. The molecule has 5 heteroatoms. The number of hydrogen-bond acceptors (Lipinski definition) is 4. The number of piperidine rings is 1. The Morgan fingerprint density at radius 2 is 1.96 bits per heavy atom. The molecule has 26 heavy (non-hydrogen) atoms. The van der Waals surface area contributed by atoms with Crippen molar-refractivity contribution < 1.29 is 0 Å². The van der Waals surface area contributed by atoms with E-state index >= 15 is 0 Å². The fraction of sp³-hybridized carbons (Fsp3) is 0.714. The molecular formula is C21H33N5. The number of hydrogen-bond donors (Lipinski definition) is 1. The molecule has 5 nitrogen and oxygen atoms in total. The third kappa shape index (κ3) is 3.73. The monoisotopic (exact) mass is 355 g/mol. The van der Waals surface area contributed by atoms with Gasteiger partial charge in [-0.1, -0.05) is 6.92 Å². The molecular weight excluding hydrogens is 322 g/mol. The van der Waals surface area contributed by atoms with E-state index in [0.717, 1.165) is 23.8 Å². The van der Waals surface area contributed by atoms with Crippen molar-refractivity contribution in [1.82, 2.24) is 19.4 Å². The summed E-state index contributed by atoms with van der Waals surface area (Å²) in [5, 5.41) is 3.61. The molecule has 0 atom stereocenters. The predicted octanol–water partition coefficient (Wildman–Crippen LogP) is 4.42. The third-order valence-electron chi connectivity index (χ3n) is 5.94. The summed E-state index contributed by atoms with van der Waals surface area (Å²) in [5.74, 6) is 2.41. The molecule has 0 bridgehead atoms. The van der Waals surface area contributed by atoms with Crippen LogP contribution in [0.15, 0.2) is 12.4 Å². The number of nitrogens with one attached hydrogen (secondary N) is 1. The molecule has 0 aromatic carbocycles. The number of fused-ring (bicyclic) bond motifs is 1. The standard InChI is InChI=1S/C21H33N5/c1-4-9-25-10-7-17(8-11-25)18-12-19-20(23-14-26(19)15(2)3)21(24-18)22-13-16-5-6-16/h12,14-17H,4-11,13H2,1-3H3,(H,22,24). The topological polar surface area (TPSA) is 46.0 Å². The van der Waals surface area contributed by atoms with Crippen molar-refractivity contribution in [2.45, 2.75) is 64.8 Å². The van der Waals surface area contributed by atoms with Crippen LogP contribution in [0.2, 0.25) is 0 Å². The summed E-state index contributed by atoms with van der Waals surface area (Å²) in [6.45, 7) is 11.4. The molecule has 0 radical (unpaired) electrons. The maximum Gasteiger partial charge on any atom is 0.154 e. The number of anilines is 1. The van der Waals surface area contributed by atoms with Gasteiger partial charge in [-0.25, -0.2) is 9.97 Å². The van der Waals surface area contributed by atoms with Crippen LogP contribution in [0.4, 0.5) is 5.82 Å². The first-order valence-corrected chi connectivity index (χ1v) is 10.5. The number of imidazole rings is 1. The minimum atomic E-state index is 0.415. The van der Waals surface area contributed by atoms with Gasteiger partial charge in [0.25, 0.3) is 0 Å². The molecule has 4 rings (SSSR count). The first-order chi connectivity index (χ1) is 12.7. The molecule has 1 saturated heterocycles. The quantitative estimate of drug-likeness (QED) is 0.798. The number of nitrogens with zero attached hydrogens (tertiary/aromatic N) is 4. The Morgan fingerprint density at radius 1 is 1.19 bits per heavy atom. The Bertz CT molecular complexity index is 738. The highest BCUT2D eigenvalue weighted by atomic mass is 15.1. The Morgan fingerprint density at radius 3 is 2.62 bits per heavy atom. The van der Waals surface area contributed by atoms with Gasteiger partial charge in [0.1, 0.15) is 5.52 Å². The summed E-state index contributed by atoms with van der Waals surface area (Å²) in [6.07, 6.45) is 8.37. The Hall–Kier alpha value is -1.62. The maximum absolute atomic E-state index is 5.06. The van der Waals surface area contributed by atoms with E-state index in [4.69, 9.17) is 9.97 Å². The molecule has 142 valence electrons. The van der Waals surface area contributed by atoms with Gasteiger partial charge in [0, 0.05) is 24.2 Å². The van der Waals surface area contributed by atoms with Crippen LogP contribution in [0.3, 0.4) is 0 Å². The van der Waals surface area contributed by atoms with Crippen LogP contribution in [0, 0.1) is 5.92 Å². The number of pyridine rings is 1.